The Balaban J connectivity index is 2.06. The number of benzene rings is 1. The lowest BCUT2D eigenvalue weighted by Gasteiger charge is -2.25. The Hall–Kier alpha value is -0.280. The Morgan fingerprint density at radius 1 is 1.43 bits per heavy atom. The van der Waals surface area contributed by atoms with Crippen LogP contribution in [0.15, 0.2) is 27.7 Å². The van der Waals surface area contributed by atoms with Crippen LogP contribution >= 0.6 is 50.9 Å². The summed E-state index contributed by atoms with van der Waals surface area (Å²) in [5.74, 6) is -0.596. The average molecular weight is 458 g/mol. The molecule has 3 rings (SSSR count). The van der Waals surface area contributed by atoms with E-state index in [9.17, 15) is 13.2 Å². The number of nitrogens with zero attached hydrogens (tertiary/aromatic N) is 2. The molecule has 0 saturated carbocycles. The van der Waals surface area contributed by atoms with Crippen LogP contribution in [0.3, 0.4) is 0 Å². The molecule has 5 nitrogen and oxygen atoms in total. The largest absolute Gasteiger partial charge is 0.314 e. The first kappa shape index (κ1) is 17.5. The summed E-state index contributed by atoms with van der Waals surface area (Å²) in [6.45, 7) is 0. The van der Waals surface area contributed by atoms with Gasteiger partial charge in [-0.15, -0.1) is 11.6 Å². The number of anilines is 1. The molecule has 0 N–H and O–H groups in total. The van der Waals surface area contributed by atoms with Gasteiger partial charge in [0.25, 0.3) is 5.91 Å². The summed E-state index contributed by atoms with van der Waals surface area (Å²) in [6, 6.07) is 5.02. The van der Waals surface area contributed by atoms with Crippen LogP contribution in [0.4, 0.5) is 5.69 Å². The van der Waals surface area contributed by atoms with Gasteiger partial charge in [-0.1, -0.05) is 39.3 Å². The summed E-state index contributed by atoms with van der Waals surface area (Å²) in [5.41, 5.74) is 0.632. The van der Waals surface area contributed by atoms with Gasteiger partial charge in [0.2, 0.25) is 0 Å². The molecule has 2 atom stereocenters. The number of carbonyl (C=O) groups is 1. The van der Waals surface area contributed by atoms with E-state index >= 15 is 0 Å². The van der Waals surface area contributed by atoms with Gasteiger partial charge in [-0.2, -0.15) is 4.99 Å². The summed E-state index contributed by atoms with van der Waals surface area (Å²) in [5, 5.41) is 0.738. The molecule has 2 aliphatic rings. The lowest BCUT2D eigenvalue weighted by atomic mass is 10.2. The number of amides is 1. The Morgan fingerprint density at radius 3 is 2.83 bits per heavy atom. The molecule has 23 heavy (non-hydrogen) atoms. The van der Waals surface area contributed by atoms with Crippen molar-refractivity contribution in [3.63, 3.8) is 0 Å². The van der Waals surface area contributed by atoms with Crippen molar-refractivity contribution in [1.82, 2.24) is 0 Å². The van der Waals surface area contributed by atoms with E-state index in [-0.39, 0.29) is 28.7 Å². The zero-order valence-electron chi connectivity index (χ0n) is 11.6. The van der Waals surface area contributed by atoms with Crippen molar-refractivity contribution < 1.29 is 13.2 Å². The van der Waals surface area contributed by atoms with E-state index in [0.717, 1.165) is 4.47 Å². The average Bonchev–Trinajstić information content (AvgIpc) is 2.91. The highest BCUT2D eigenvalue weighted by Gasteiger charge is 2.49. The quantitative estimate of drug-likeness (QED) is 0.638. The Labute approximate surface area is 156 Å². The number of amidine groups is 1. The molecular formula is C13H11BrCl2N2O3S2. The van der Waals surface area contributed by atoms with Crippen LogP contribution < -0.4 is 4.90 Å². The molecule has 10 heteroatoms. The Morgan fingerprint density at radius 2 is 2.17 bits per heavy atom. The predicted octanol–water partition coefficient (Wildman–Crippen LogP) is 2.94. The van der Waals surface area contributed by atoms with Crippen molar-refractivity contribution in [3.05, 3.63) is 27.7 Å². The summed E-state index contributed by atoms with van der Waals surface area (Å²) < 4.78 is 24.7. The number of fused-ring (bicyclic) bond motifs is 1. The number of hydrogen-bond donors (Lipinski definition) is 0. The van der Waals surface area contributed by atoms with E-state index in [4.69, 9.17) is 23.2 Å². The zero-order chi connectivity index (χ0) is 16.8. The van der Waals surface area contributed by atoms with Gasteiger partial charge >= 0.3 is 0 Å². The van der Waals surface area contributed by atoms with Crippen LogP contribution in [0.25, 0.3) is 0 Å². The Bertz CT molecular complexity index is 800. The fourth-order valence-corrected chi connectivity index (χ4v) is 7.41. The molecule has 2 heterocycles. The number of thioether (sulfide) groups is 1. The number of halogens is 3. The lowest BCUT2D eigenvalue weighted by molar-refractivity contribution is -0.115. The number of alkyl halides is 1. The van der Waals surface area contributed by atoms with Crippen LogP contribution in [0, 0.1) is 0 Å². The molecule has 2 fully saturated rings. The molecule has 1 aromatic rings. The third-order valence-corrected chi connectivity index (χ3v) is 7.80. The van der Waals surface area contributed by atoms with E-state index in [1.165, 1.54) is 11.8 Å². The molecule has 0 bridgehead atoms. The number of rotatable bonds is 2. The smallest absolute Gasteiger partial charge is 0.262 e. The Kier molecular flexibility index (Phi) is 5.00. The summed E-state index contributed by atoms with van der Waals surface area (Å²) in [7, 11) is -3.11. The lowest BCUT2D eigenvalue weighted by Crippen LogP contribution is -2.38. The second kappa shape index (κ2) is 6.55. The van der Waals surface area contributed by atoms with E-state index < -0.39 is 15.7 Å². The van der Waals surface area contributed by atoms with Crippen molar-refractivity contribution in [2.75, 3.05) is 22.3 Å². The second-order valence-corrected chi connectivity index (χ2v) is 10.1. The molecule has 1 amide bonds. The minimum atomic E-state index is -3.11. The fourth-order valence-electron chi connectivity index (χ4n) is 2.66. The number of aliphatic imine (C=N–C) groups is 1. The normalized spacial score (nSPS) is 27.4. The molecule has 0 aliphatic carbocycles. The molecule has 1 aromatic carbocycles. The number of hydrogen-bond acceptors (Lipinski definition) is 4. The standard InChI is InChI=1S/C13H11BrCl2N2O3S2/c14-7-1-2-9(8(16)3-7)18-10-5-23(20,21)6-11(10)22-13(18)17-12(19)4-15/h1-3,10-11H,4-6H2/t10-,11+/m1/s1. The van der Waals surface area contributed by atoms with Gasteiger partial charge in [0.1, 0.15) is 5.88 Å². The highest BCUT2D eigenvalue weighted by molar-refractivity contribution is 9.10. The molecule has 124 valence electrons. The predicted molar refractivity (Wildman–Crippen MR) is 98.6 cm³/mol. The molecule has 2 saturated heterocycles. The minimum absolute atomic E-state index is 0.0190. The molecule has 0 spiro atoms. The highest BCUT2D eigenvalue weighted by Crippen LogP contribution is 2.43. The zero-order valence-corrected chi connectivity index (χ0v) is 16.3. The van der Waals surface area contributed by atoms with Crippen molar-refractivity contribution in [1.29, 1.82) is 0 Å². The van der Waals surface area contributed by atoms with Crippen LogP contribution in [0.2, 0.25) is 5.02 Å². The minimum Gasteiger partial charge on any atom is -0.314 e. The van der Waals surface area contributed by atoms with Gasteiger partial charge in [-0.25, -0.2) is 8.42 Å². The molecule has 0 unspecified atom stereocenters. The van der Waals surface area contributed by atoms with Gasteiger partial charge in [0.05, 0.1) is 28.3 Å². The number of carbonyl (C=O) groups excluding carboxylic acids is 1. The number of sulfone groups is 1. The van der Waals surface area contributed by atoms with Crippen LogP contribution in [-0.2, 0) is 14.6 Å². The van der Waals surface area contributed by atoms with Gasteiger partial charge in [-0.05, 0) is 18.2 Å². The fraction of sp³-hybridized carbons (Fsp3) is 0.385. The van der Waals surface area contributed by atoms with Crippen molar-refractivity contribution >= 4 is 77.5 Å². The second-order valence-electron chi connectivity index (χ2n) is 5.19. The van der Waals surface area contributed by atoms with Gasteiger partial charge in [0, 0.05) is 9.72 Å². The van der Waals surface area contributed by atoms with Crippen LogP contribution in [0.5, 0.6) is 0 Å². The van der Waals surface area contributed by atoms with E-state index in [0.29, 0.717) is 15.9 Å². The van der Waals surface area contributed by atoms with Gasteiger partial charge in [-0.3, -0.25) is 4.79 Å². The topological polar surface area (TPSA) is 66.8 Å². The van der Waals surface area contributed by atoms with Crippen LogP contribution in [-0.4, -0.2) is 48.2 Å². The summed E-state index contributed by atoms with van der Waals surface area (Å²) in [6.07, 6.45) is 0. The first-order chi connectivity index (χ1) is 10.8. The van der Waals surface area contributed by atoms with E-state index in [2.05, 4.69) is 20.9 Å². The van der Waals surface area contributed by atoms with Crippen molar-refractivity contribution in [3.8, 4) is 0 Å². The maximum atomic E-state index is 11.9. The van der Waals surface area contributed by atoms with Gasteiger partial charge in [0.15, 0.2) is 15.0 Å². The van der Waals surface area contributed by atoms with E-state index in [1.54, 1.807) is 17.0 Å². The maximum absolute atomic E-state index is 11.9. The monoisotopic (exact) mass is 456 g/mol. The summed E-state index contributed by atoms with van der Waals surface area (Å²) in [4.78, 5) is 17.4. The molecule has 0 radical (unpaired) electrons. The molecule has 0 aromatic heterocycles. The highest BCUT2D eigenvalue weighted by atomic mass is 79.9. The first-order valence-corrected chi connectivity index (χ1v) is 11.0. The first-order valence-electron chi connectivity index (χ1n) is 6.59. The van der Waals surface area contributed by atoms with Crippen molar-refractivity contribution in [2.24, 2.45) is 4.99 Å². The van der Waals surface area contributed by atoms with Crippen molar-refractivity contribution in [2.45, 2.75) is 11.3 Å². The molecule has 2 aliphatic heterocycles. The van der Waals surface area contributed by atoms with E-state index in [1.807, 2.05) is 6.07 Å². The van der Waals surface area contributed by atoms with Gasteiger partial charge < -0.3 is 4.90 Å². The molecular weight excluding hydrogens is 447 g/mol. The third-order valence-electron chi connectivity index (χ3n) is 3.57. The summed E-state index contributed by atoms with van der Waals surface area (Å²) >= 11 is 16.5. The third kappa shape index (κ3) is 3.56. The maximum Gasteiger partial charge on any atom is 0.262 e. The van der Waals surface area contributed by atoms with Crippen LogP contribution in [0.1, 0.15) is 0 Å². The SMILES string of the molecule is O=C(CCl)N=C1S[C@H]2CS(=O)(=O)C[C@H]2N1c1ccc(Br)cc1Cl.